The number of hydrogen-bond donors (Lipinski definition) is 1. The Kier molecular flexibility index (Phi) is 4.48. The van der Waals surface area contributed by atoms with E-state index in [1.54, 1.807) is 0 Å². The Balaban J connectivity index is 2.00. The van der Waals surface area contributed by atoms with E-state index in [1.807, 2.05) is 0 Å². The molecule has 0 bridgehead atoms. The predicted molar refractivity (Wildman–Crippen MR) is 74.2 cm³/mol. The van der Waals surface area contributed by atoms with Crippen molar-refractivity contribution in [1.82, 2.24) is 10.2 Å². The maximum atomic E-state index is 3.81. The standard InChI is InChI=1S/C15H30N2/c1-5-11(3)15-9-16-14(13-7-8-13)10-17(15)12(4)6-2/h11-16H,5-10H2,1-4H3. The van der Waals surface area contributed by atoms with Crippen LogP contribution in [0, 0.1) is 11.8 Å². The van der Waals surface area contributed by atoms with Crippen LogP contribution < -0.4 is 5.32 Å². The van der Waals surface area contributed by atoms with E-state index in [9.17, 15) is 0 Å². The van der Waals surface area contributed by atoms with Gasteiger partial charge in [-0.15, -0.1) is 0 Å². The molecule has 17 heavy (non-hydrogen) atoms. The maximum absolute atomic E-state index is 3.81. The third kappa shape index (κ3) is 3.03. The molecule has 1 aliphatic heterocycles. The van der Waals surface area contributed by atoms with Gasteiger partial charge in [0.05, 0.1) is 0 Å². The zero-order valence-corrected chi connectivity index (χ0v) is 12.1. The second kappa shape index (κ2) is 5.71. The van der Waals surface area contributed by atoms with Crippen LogP contribution >= 0.6 is 0 Å². The highest BCUT2D eigenvalue weighted by molar-refractivity contribution is 4.96. The Hall–Kier alpha value is -0.0800. The molecule has 0 aromatic carbocycles. The minimum Gasteiger partial charge on any atom is -0.311 e. The van der Waals surface area contributed by atoms with E-state index in [2.05, 4.69) is 37.9 Å². The summed E-state index contributed by atoms with van der Waals surface area (Å²) in [5.41, 5.74) is 0. The number of piperazine rings is 1. The first-order valence-electron chi connectivity index (χ1n) is 7.66. The fraction of sp³-hybridized carbons (Fsp3) is 1.00. The van der Waals surface area contributed by atoms with E-state index in [1.165, 1.54) is 38.8 Å². The van der Waals surface area contributed by atoms with Crippen molar-refractivity contribution in [3.63, 3.8) is 0 Å². The third-order valence-electron chi connectivity index (χ3n) is 5.07. The molecule has 0 aromatic rings. The lowest BCUT2D eigenvalue weighted by atomic mass is 9.92. The van der Waals surface area contributed by atoms with Gasteiger partial charge in [0, 0.05) is 31.2 Å². The van der Waals surface area contributed by atoms with Crippen LogP contribution in [0.3, 0.4) is 0 Å². The molecule has 2 heteroatoms. The van der Waals surface area contributed by atoms with Gasteiger partial charge in [-0.05, 0) is 38.0 Å². The molecule has 1 heterocycles. The molecule has 2 nitrogen and oxygen atoms in total. The lowest BCUT2D eigenvalue weighted by Gasteiger charge is -2.46. The topological polar surface area (TPSA) is 15.3 Å². The Morgan fingerprint density at radius 3 is 2.41 bits per heavy atom. The van der Waals surface area contributed by atoms with Crippen molar-refractivity contribution >= 4 is 0 Å². The number of rotatable bonds is 5. The molecule has 1 N–H and O–H groups in total. The molecule has 100 valence electrons. The van der Waals surface area contributed by atoms with Gasteiger partial charge in [-0.2, -0.15) is 0 Å². The van der Waals surface area contributed by atoms with Crippen molar-refractivity contribution in [1.29, 1.82) is 0 Å². The van der Waals surface area contributed by atoms with Crippen LogP contribution in [0.1, 0.15) is 53.4 Å². The Bertz CT molecular complexity index is 237. The summed E-state index contributed by atoms with van der Waals surface area (Å²) in [7, 11) is 0. The van der Waals surface area contributed by atoms with E-state index >= 15 is 0 Å². The Labute approximate surface area is 107 Å². The summed E-state index contributed by atoms with van der Waals surface area (Å²) >= 11 is 0. The quantitative estimate of drug-likeness (QED) is 0.792. The molecule has 2 fully saturated rings. The molecule has 0 spiro atoms. The average molecular weight is 238 g/mol. The van der Waals surface area contributed by atoms with Gasteiger partial charge in [0.1, 0.15) is 0 Å². The number of nitrogens with one attached hydrogen (secondary N) is 1. The minimum atomic E-state index is 0.748. The lowest BCUT2D eigenvalue weighted by molar-refractivity contribution is 0.0504. The minimum absolute atomic E-state index is 0.748. The van der Waals surface area contributed by atoms with Crippen molar-refractivity contribution in [3.8, 4) is 0 Å². The highest BCUT2D eigenvalue weighted by atomic mass is 15.3. The Morgan fingerprint density at radius 2 is 1.88 bits per heavy atom. The predicted octanol–water partition coefficient (Wildman–Crippen LogP) is 2.88. The van der Waals surface area contributed by atoms with Crippen LogP contribution in [0.4, 0.5) is 0 Å². The first-order valence-corrected chi connectivity index (χ1v) is 7.66. The molecule has 1 aliphatic carbocycles. The fourth-order valence-corrected chi connectivity index (χ4v) is 3.17. The van der Waals surface area contributed by atoms with Crippen LogP contribution in [0.5, 0.6) is 0 Å². The molecule has 2 rings (SSSR count). The van der Waals surface area contributed by atoms with Crippen LogP contribution in [-0.2, 0) is 0 Å². The zero-order valence-electron chi connectivity index (χ0n) is 12.1. The average Bonchev–Trinajstić information content (AvgIpc) is 3.20. The van der Waals surface area contributed by atoms with Crippen molar-refractivity contribution in [2.24, 2.45) is 11.8 Å². The van der Waals surface area contributed by atoms with Crippen molar-refractivity contribution in [2.45, 2.75) is 71.5 Å². The van der Waals surface area contributed by atoms with Crippen molar-refractivity contribution in [3.05, 3.63) is 0 Å². The van der Waals surface area contributed by atoms with Gasteiger partial charge in [-0.1, -0.05) is 27.2 Å². The molecule has 0 radical (unpaired) electrons. The monoisotopic (exact) mass is 238 g/mol. The molecular weight excluding hydrogens is 208 g/mol. The van der Waals surface area contributed by atoms with E-state index in [-0.39, 0.29) is 0 Å². The van der Waals surface area contributed by atoms with E-state index in [4.69, 9.17) is 0 Å². The van der Waals surface area contributed by atoms with Crippen molar-refractivity contribution < 1.29 is 0 Å². The van der Waals surface area contributed by atoms with Crippen molar-refractivity contribution in [2.75, 3.05) is 13.1 Å². The first-order chi connectivity index (χ1) is 8.17. The van der Waals surface area contributed by atoms with Crippen LogP contribution in [-0.4, -0.2) is 36.1 Å². The smallest absolute Gasteiger partial charge is 0.0249 e. The highest BCUT2D eigenvalue weighted by Gasteiger charge is 2.39. The lowest BCUT2D eigenvalue weighted by Crippen LogP contribution is -2.61. The summed E-state index contributed by atoms with van der Waals surface area (Å²) in [4.78, 5) is 2.80. The highest BCUT2D eigenvalue weighted by Crippen LogP contribution is 2.35. The Morgan fingerprint density at radius 1 is 1.18 bits per heavy atom. The van der Waals surface area contributed by atoms with Gasteiger partial charge in [0.25, 0.3) is 0 Å². The van der Waals surface area contributed by atoms with Gasteiger partial charge in [-0.3, -0.25) is 4.90 Å². The summed E-state index contributed by atoms with van der Waals surface area (Å²) in [6.45, 7) is 12.0. The van der Waals surface area contributed by atoms with Gasteiger partial charge in [0.15, 0.2) is 0 Å². The first kappa shape index (κ1) is 13.4. The largest absolute Gasteiger partial charge is 0.311 e. The van der Waals surface area contributed by atoms with Gasteiger partial charge in [-0.25, -0.2) is 0 Å². The second-order valence-corrected chi connectivity index (χ2v) is 6.26. The molecule has 4 atom stereocenters. The summed E-state index contributed by atoms with van der Waals surface area (Å²) in [5, 5.41) is 3.81. The molecule has 1 saturated carbocycles. The molecule has 0 aromatic heterocycles. The molecule has 2 aliphatic rings. The number of nitrogens with zero attached hydrogens (tertiary/aromatic N) is 1. The molecular formula is C15H30N2. The van der Waals surface area contributed by atoms with Crippen LogP contribution in [0.15, 0.2) is 0 Å². The maximum Gasteiger partial charge on any atom is 0.0249 e. The van der Waals surface area contributed by atoms with E-state index < -0.39 is 0 Å². The van der Waals surface area contributed by atoms with Gasteiger partial charge < -0.3 is 5.32 Å². The molecule has 0 amide bonds. The van der Waals surface area contributed by atoms with E-state index in [0.717, 1.165) is 30.0 Å². The molecule has 4 unspecified atom stereocenters. The third-order valence-corrected chi connectivity index (χ3v) is 5.07. The summed E-state index contributed by atoms with van der Waals surface area (Å²) in [6.07, 6.45) is 5.50. The zero-order chi connectivity index (χ0) is 12.4. The second-order valence-electron chi connectivity index (χ2n) is 6.26. The fourth-order valence-electron chi connectivity index (χ4n) is 3.17. The van der Waals surface area contributed by atoms with Gasteiger partial charge >= 0.3 is 0 Å². The van der Waals surface area contributed by atoms with Crippen LogP contribution in [0.2, 0.25) is 0 Å². The summed E-state index contributed by atoms with van der Waals surface area (Å²) in [6, 6.07) is 2.28. The number of hydrogen-bond acceptors (Lipinski definition) is 2. The normalized spacial score (nSPS) is 34.6. The van der Waals surface area contributed by atoms with E-state index in [0.29, 0.717) is 0 Å². The SMILES string of the molecule is CCC(C)C1CNC(C2CC2)CN1C(C)CC. The van der Waals surface area contributed by atoms with Gasteiger partial charge in [0.2, 0.25) is 0 Å². The summed E-state index contributed by atoms with van der Waals surface area (Å²) in [5.74, 6) is 1.80. The van der Waals surface area contributed by atoms with Crippen LogP contribution in [0.25, 0.3) is 0 Å². The summed E-state index contributed by atoms with van der Waals surface area (Å²) < 4.78 is 0. The molecule has 1 saturated heterocycles.